The molecule has 0 spiro atoms. The van der Waals surface area contributed by atoms with E-state index < -0.39 is 39.1 Å². The van der Waals surface area contributed by atoms with E-state index in [2.05, 4.69) is 5.32 Å². The smallest absolute Gasteiger partial charge is 0.326 e. The van der Waals surface area contributed by atoms with E-state index in [0.717, 1.165) is 12.1 Å². The molecule has 11 nitrogen and oxygen atoms in total. The number of amides is 1. The van der Waals surface area contributed by atoms with Gasteiger partial charge in [-0.25, -0.2) is 4.79 Å². The summed E-state index contributed by atoms with van der Waals surface area (Å²) in [5.74, 6) is -1.74. The van der Waals surface area contributed by atoms with Gasteiger partial charge in [0.25, 0.3) is 17.3 Å². The van der Waals surface area contributed by atoms with E-state index in [1.807, 2.05) is 0 Å². The highest BCUT2D eigenvalue weighted by Crippen LogP contribution is 2.23. The average molecular weight is 389 g/mol. The summed E-state index contributed by atoms with van der Waals surface area (Å²) in [6.07, 6.45) is -0.0674. The number of rotatable bonds is 8. The molecule has 0 aliphatic rings. The molecule has 2 aromatic carbocycles. The minimum Gasteiger partial charge on any atom is -0.497 e. The van der Waals surface area contributed by atoms with Crippen LogP contribution in [0, 0.1) is 20.2 Å². The first-order valence-corrected chi connectivity index (χ1v) is 7.81. The molecule has 0 saturated heterocycles. The molecule has 2 aromatic rings. The summed E-state index contributed by atoms with van der Waals surface area (Å²) in [4.78, 5) is 43.9. The molecule has 11 heteroatoms. The minimum atomic E-state index is -1.35. The van der Waals surface area contributed by atoms with Gasteiger partial charge >= 0.3 is 5.97 Å². The van der Waals surface area contributed by atoms with Crippen molar-refractivity contribution < 1.29 is 29.3 Å². The Morgan fingerprint density at radius 1 is 1.07 bits per heavy atom. The summed E-state index contributed by atoms with van der Waals surface area (Å²) in [5, 5.41) is 33.4. The highest BCUT2D eigenvalue weighted by atomic mass is 16.6. The van der Waals surface area contributed by atoms with Crippen LogP contribution in [-0.4, -0.2) is 40.0 Å². The van der Waals surface area contributed by atoms with Gasteiger partial charge in [-0.15, -0.1) is 0 Å². The number of methoxy groups -OCH3 is 1. The van der Waals surface area contributed by atoms with Crippen molar-refractivity contribution in [3.63, 3.8) is 0 Å². The maximum absolute atomic E-state index is 12.4. The van der Waals surface area contributed by atoms with Gasteiger partial charge in [-0.3, -0.25) is 25.0 Å². The van der Waals surface area contributed by atoms with Crippen LogP contribution in [0.15, 0.2) is 42.5 Å². The Kier molecular flexibility index (Phi) is 6.22. The molecule has 0 saturated carbocycles. The number of carbonyl (C=O) groups is 2. The van der Waals surface area contributed by atoms with Gasteiger partial charge in [0.2, 0.25) is 0 Å². The van der Waals surface area contributed by atoms with Crippen LogP contribution >= 0.6 is 0 Å². The second kappa shape index (κ2) is 8.58. The van der Waals surface area contributed by atoms with Gasteiger partial charge in [0.1, 0.15) is 11.8 Å². The second-order valence-corrected chi connectivity index (χ2v) is 5.67. The summed E-state index contributed by atoms with van der Waals surface area (Å²) >= 11 is 0. The molecule has 0 aromatic heterocycles. The topological polar surface area (TPSA) is 162 Å². The SMILES string of the molecule is COc1ccc(CC(NC(=O)c2cc([N+](=O)[O-])cc([N+](=O)[O-])c2)C(=O)O)cc1. The summed E-state index contributed by atoms with van der Waals surface area (Å²) < 4.78 is 5.01. The van der Waals surface area contributed by atoms with Gasteiger partial charge in [-0.05, 0) is 17.7 Å². The highest BCUT2D eigenvalue weighted by molar-refractivity contribution is 5.97. The Morgan fingerprint density at radius 3 is 2.04 bits per heavy atom. The third kappa shape index (κ3) is 5.00. The standard InChI is InChI=1S/C17H15N3O8/c1-28-14-4-2-10(3-5-14)6-15(17(22)23)18-16(21)11-7-12(19(24)25)9-13(8-11)20(26)27/h2-5,7-9,15H,6H2,1H3,(H,18,21)(H,22,23). The van der Waals surface area contributed by atoms with Crippen LogP contribution in [0.25, 0.3) is 0 Å². The van der Waals surface area contributed by atoms with Crippen molar-refractivity contribution in [2.45, 2.75) is 12.5 Å². The van der Waals surface area contributed by atoms with Crippen molar-refractivity contribution in [2.24, 2.45) is 0 Å². The Balaban J connectivity index is 2.25. The van der Waals surface area contributed by atoms with Gasteiger partial charge in [-0.1, -0.05) is 12.1 Å². The van der Waals surface area contributed by atoms with Crippen molar-refractivity contribution in [3.05, 3.63) is 73.8 Å². The number of benzene rings is 2. The number of non-ortho nitro benzene ring substituents is 2. The first-order valence-electron chi connectivity index (χ1n) is 7.81. The zero-order valence-electron chi connectivity index (χ0n) is 14.5. The van der Waals surface area contributed by atoms with Crippen LogP contribution in [0.4, 0.5) is 11.4 Å². The first kappa shape index (κ1) is 20.3. The number of carbonyl (C=O) groups excluding carboxylic acids is 1. The molecule has 1 amide bonds. The molecule has 146 valence electrons. The van der Waals surface area contributed by atoms with Crippen molar-refractivity contribution >= 4 is 23.3 Å². The number of hydrogen-bond acceptors (Lipinski definition) is 7. The number of carboxylic acid groups (broad SMARTS) is 1. The highest BCUT2D eigenvalue weighted by Gasteiger charge is 2.24. The lowest BCUT2D eigenvalue weighted by Gasteiger charge is -2.15. The fourth-order valence-electron chi connectivity index (χ4n) is 2.38. The fourth-order valence-corrected chi connectivity index (χ4v) is 2.38. The molecule has 0 bridgehead atoms. The summed E-state index contributed by atoms with van der Waals surface area (Å²) in [6, 6.07) is 7.55. The lowest BCUT2D eigenvalue weighted by Crippen LogP contribution is -2.42. The number of nitro benzene ring substituents is 2. The normalized spacial score (nSPS) is 11.3. The number of ether oxygens (including phenoxy) is 1. The van der Waals surface area contributed by atoms with Crippen LogP contribution in [0.2, 0.25) is 0 Å². The number of nitrogens with zero attached hydrogens (tertiary/aromatic N) is 2. The minimum absolute atomic E-state index is 0.0674. The van der Waals surface area contributed by atoms with Gasteiger partial charge in [-0.2, -0.15) is 0 Å². The third-order valence-corrected chi connectivity index (χ3v) is 3.79. The van der Waals surface area contributed by atoms with Crippen LogP contribution in [0.5, 0.6) is 5.75 Å². The van der Waals surface area contributed by atoms with Gasteiger partial charge < -0.3 is 15.2 Å². The van der Waals surface area contributed by atoms with E-state index in [4.69, 9.17) is 4.74 Å². The van der Waals surface area contributed by atoms with Crippen molar-refractivity contribution in [1.82, 2.24) is 5.32 Å². The summed E-state index contributed by atoms with van der Waals surface area (Å²) in [6.45, 7) is 0. The molecule has 2 N–H and O–H groups in total. The van der Waals surface area contributed by atoms with E-state index in [9.17, 15) is 34.9 Å². The number of aliphatic carboxylic acids is 1. The first-order chi connectivity index (χ1) is 13.2. The van der Waals surface area contributed by atoms with Crippen molar-refractivity contribution in [2.75, 3.05) is 7.11 Å². The van der Waals surface area contributed by atoms with E-state index in [0.29, 0.717) is 17.4 Å². The van der Waals surface area contributed by atoms with E-state index >= 15 is 0 Å². The number of nitro groups is 2. The van der Waals surface area contributed by atoms with Gasteiger partial charge in [0.15, 0.2) is 0 Å². The Labute approximate surface area is 157 Å². The number of nitrogens with one attached hydrogen (secondary N) is 1. The molecule has 2 rings (SSSR count). The predicted octanol–water partition coefficient (Wildman–Crippen LogP) is 1.94. The molecule has 0 aliphatic carbocycles. The number of hydrogen-bond donors (Lipinski definition) is 2. The van der Waals surface area contributed by atoms with E-state index in [-0.39, 0.29) is 12.0 Å². The Morgan fingerprint density at radius 2 is 1.61 bits per heavy atom. The molecule has 28 heavy (non-hydrogen) atoms. The molecule has 1 unspecified atom stereocenters. The molecule has 1 atom stereocenters. The van der Waals surface area contributed by atoms with Crippen LogP contribution in [0.1, 0.15) is 15.9 Å². The zero-order chi connectivity index (χ0) is 20.8. The van der Waals surface area contributed by atoms with E-state index in [1.165, 1.54) is 7.11 Å². The summed E-state index contributed by atoms with van der Waals surface area (Å²) in [7, 11) is 1.48. The second-order valence-electron chi connectivity index (χ2n) is 5.67. The van der Waals surface area contributed by atoms with Gasteiger partial charge in [0.05, 0.1) is 28.6 Å². The maximum atomic E-state index is 12.4. The lowest BCUT2D eigenvalue weighted by atomic mass is 10.0. The lowest BCUT2D eigenvalue weighted by molar-refractivity contribution is -0.394. The molecule has 0 fully saturated rings. The van der Waals surface area contributed by atoms with Crippen molar-refractivity contribution in [3.8, 4) is 5.75 Å². The zero-order valence-corrected chi connectivity index (χ0v) is 14.5. The quantitative estimate of drug-likeness (QED) is 0.511. The molecular formula is C17H15N3O8. The van der Waals surface area contributed by atoms with Gasteiger partial charge in [0, 0.05) is 18.6 Å². The predicted molar refractivity (Wildman–Crippen MR) is 95.3 cm³/mol. The number of carboxylic acids is 1. The van der Waals surface area contributed by atoms with Crippen LogP contribution < -0.4 is 10.1 Å². The fraction of sp³-hybridized carbons (Fsp3) is 0.176. The van der Waals surface area contributed by atoms with Crippen LogP contribution in [-0.2, 0) is 11.2 Å². The molecule has 0 radical (unpaired) electrons. The molecular weight excluding hydrogens is 374 g/mol. The molecule has 0 heterocycles. The average Bonchev–Trinajstić information content (AvgIpc) is 2.67. The molecule has 0 aliphatic heterocycles. The monoisotopic (exact) mass is 389 g/mol. The largest absolute Gasteiger partial charge is 0.497 e. The Hall–Kier alpha value is -4.02. The Bertz CT molecular complexity index is 894. The van der Waals surface area contributed by atoms with Crippen molar-refractivity contribution in [1.29, 1.82) is 0 Å². The summed E-state index contributed by atoms with van der Waals surface area (Å²) in [5.41, 5.74) is -1.09. The maximum Gasteiger partial charge on any atom is 0.326 e. The van der Waals surface area contributed by atoms with E-state index in [1.54, 1.807) is 24.3 Å². The van der Waals surface area contributed by atoms with Crippen LogP contribution in [0.3, 0.4) is 0 Å². The third-order valence-electron chi connectivity index (χ3n) is 3.79.